The van der Waals surface area contributed by atoms with Crippen molar-refractivity contribution in [3.05, 3.63) is 33.7 Å². The minimum atomic E-state index is -0.476. The van der Waals surface area contributed by atoms with Crippen LogP contribution in [0.4, 0.5) is 0 Å². The number of fused-ring (bicyclic) bond motifs is 1. The van der Waals surface area contributed by atoms with Gasteiger partial charge in [0, 0.05) is 24.3 Å². The first-order valence-electron chi connectivity index (χ1n) is 6.87. The lowest BCUT2D eigenvalue weighted by Gasteiger charge is -2.16. The van der Waals surface area contributed by atoms with E-state index in [4.69, 9.17) is 0 Å². The van der Waals surface area contributed by atoms with Crippen molar-refractivity contribution < 1.29 is 5.11 Å². The van der Waals surface area contributed by atoms with E-state index in [2.05, 4.69) is 5.32 Å². The largest absolute Gasteiger partial charge is 0.390 e. The molecule has 0 amide bonds. The Morgan fingerprint density at radius 2 is 2.22 bits per heavy atom. The smallest absolute Gasteiger partial charge is 0.250 e. The Morgan fingerprint density at radius 1 is 1.39 bits per heavy atom. The van der Waals surface area contributed by atoms with Gasteiger partial charge in [0.15, 0.2) is 0 Å². The maximum Gasteiger partial charge on any atom is 0.250 e. The molecule has 18 heavy (non-hydrogen) atoms. The molecule has 1 aromatic rings. The highest BCUT2D eigenvalue weighted by atomic mass is 16.3. The molecular formula is C14H20N2O2. The highest BCUT2D eigenvalue weighted by molar-refractivity contribution is 5.25. The van der Waals surface area contributed by atoms with E-state index < -0.39 is 6.10 Å². The molecule has 1 fully saturated rings. The summed E-state index contributed by atoms with van der Waals surface area (Å²) in [4.78, 5) is 11.9. The van der Waals surface area contributed by atoms with E-state index in [-0.39, 0.29) is 5.56 Å². The van der Waals surface area contributed by atoms with E-state index in [1.807, 2.05) is 6.07 Å². The van der Waals surface area contributed by atoms with Crippen LogP contribution in [0.15, 0.2) is 16.9 Å². The monoisotopic (exact) mass is 248 g/mol. The molecule has 98 valence electrons. The van der Waals surface area contributed by atoms with Crippen LogP contribution in [0.1, 0.15) is 30.5 Å². The number of nitrogens with one attached hydrogen (secondary N) is 1. The third-order valence-corrected chi connectivity index (χ3v) is 3.86. The van der Waals surface area contributed by atoms with Crippen molar-refractivity contribution >= 4 is 0 Å². The first-order chi connectivity index (χ1) is 8.74. The van der Waals surface area contributed by atoms with Gasteiger partial charge in [0.1, 0.15) is 0 Å². The van der Waals surface area contributed by atoms with Crippen LogP contribution in [-0.2, 0) is 19.4 Å². The second-order valence-electron chi connectivity index (χ2n) is 5.44. The number of hydrogen-bond acceptors (Lipinski definition) is 3. The summed E-state index contributed by atoms with van der Waals surface area (Å²) in [7, 11) is 0. The van der Waals surface area contributed by atoms with E-state index in [1.165, 1.54) is 18.4 Å². The fourth-order valence-electron chi connectivity index (χ4n) is 2.70. The van der Waals surface area contributed by atoms with Crippen LogP contribution in [0, 0.1) is 0 Å². The van der Waals surface area contributed by atoms with Gasteiger partial charge in [0.2, 0.25) is 0 Å². The summed E-state index contributed by atoms with van der Waals surface area (Å²) in [6, 6.07) is 4.17. The zero-order valence-corrected chi connectivity index (χ0v) is 10.6. The molecule has 2 aliphatic carbocycles. The average Bonchev–Trinajstić information content (AvgIpc) is 3.07. The minimum absolute atomic E-state index is 0.0149. The van der Waals surface area contributed by atoms with Crippen LogP contribution in [0.3, 0.4) is 0 Å². The molecule has 1 saturated carbocycles. The maximum atomic E-state index is 11.9. The second-order valence-corrected chi connectivity index (χ2v) is 5.44. The summed E-state index contributed by atoms with van der Waals surface area (Å²) in [6.07, 6.45) is 5.10. The van der Waals surface area contributed by atoms with Crippen molar-refractivity contribution in [3.8, 4) is 0 Å². The van der Waals surface area contributed by atoms with Gasteiger partial charge in [-0.2, -0.15) is 0 Å². The van der Waals surface area contributed by atoms with Gasteiger partial charge in [-0.05, 0) is 37.7 Å². The highest BCUT2D eigenvalue weighted by Crippen LogP contribution is 2.20. The molecular weight excluding hydrogens is 228 g/mol. The lowest BCUT2D eigenvalue weighted by molar-refractivity contribution is 0.148. The number of aliphatic hydroxyl groups is 1. The van der Waals surface area contributed by atoms with Gasteiger partial charge < -0.3 is 15.0 Å². The fourth-order valence-corrected chi connectivity index (χ4v) is 2.70. The number of pyridine rings is 1. The van der Waals surface area contributed by atoms with Gasteiger partial charge in [-0.3, -0.25) is 4.79 Å². The standard InChI is InChI=1S/C14H20N2O2/c17-12(8-15-11-5-6-11)9-16-13-3-1-2-10(13)4-7-14(16)18/h4,7,11-12,15,17H,1-3,5-6,8-9H2. The first-order valence-corrected chi connectivity index (χ1v) is 6.87. The number of aliphatic hydroxyl groups excluding tert-OH is 1. The summed E-state index contributed by atoms with van der Waals surface area (Å²) < 4.78 is 1.77. The summed E-state index contributed by atoms with van der Waals surface area (Å²) in [5, 5.41) is 13.3. The summed E-state index contributed by atoms with van der Waals surface area (Å²) in [6.45, 7) is 1.00. The van der Waals surface area contributed by atoms with Crippen LogP contribution in [-0.4, -0.2) is 28.4 Å². The molecule has 1 atom stereocenters. The lowest BCUT2D eigenvalue weighted by Crippen LogP contribution is -2.35. The van der Waals surface area contributed by atoms with Gasteiger partial charge >= 0.3 is 0 Å². The van der Waals surface area contributed by atoms with Gasteiger partial charge in [-0.15, -0.1) is 0 Å². The molecule has 2 aliphatic rings. The normalized spacial score (nSPS) is 19.8. The molecule has 4 heteroatoms. The fraction of sp³-hybridized carbons (Fsp3) is 0.643. The van der Waals surface area contributed by atoms with Crippen molar-refractivity contribution in [3.63, 3.8) is 0 Å². The third kappa shape index (κ3) is 2.49. The Kier molecular flexibility index (Phi) is 3.22. The van der Waals surface area contributed by atoms with E-state index in [0.717, 1.165) is 25.0 Å². The van der Waals surface area contributed by atoms with Crippen LogP contribution in [0.5, 0.6) is 0 Å². The summed E-state index contributed by atoms with van der Waals surface area (Å²) in [5.41, 5.74) is 2.42. The van der Waals surface area contributed by atoms with E-state index in [0.29, 0.717) is 19.1 Å². The van der Waals surface area contributed by atoms with Crippen LogP contribution in [0.2, 0.25) is 0 Å². The summed E-state index contributed by atoms with van der Waals surface area (Å²) >= 11 is 0. The molecule has 3 rings (SSSR count). The van der Waals surface area contributed by atoms with Crippen molar-refractivity contribution in [1.82, 2.24) is 9.88 Å². The molecule has 1 aromatic heterocycles. The molecule has 1 heterocycles. The summed E-state index contributed by atoms with van der Waals surface area (Å²) in [5.74, 6) is 0. The number of aryl methyl sites for hydroxylation is 1. The van der Waals surface area contributed by atoms with E-state index in [1.54, 1.807) is 10.6 Å². The Balaban J connectivity index is 1.71. The minimum Gasteiger partial charge on any atom is -0.390 e. The Bertz CT molecular complexity index is 491. The quantitative estimate of drug-likeness (QED) is 0.795. The molecule has 2 N–H and O–H groups in total. The number of rotatable bonds is 5. The van der Waals surface area contributed by atoms with Crippen molar-refractivity contribution in [2.24, 2.45) is 0 Å². The van der Waals surface area contributed by atoms with Gasteiger partial charge in [0.25, 0.3) is 5.56 Å². The van der Waals surface area contributed by atoms with Gasteiger partial charge in [-0.25, -0.2) is 0 Å². The molecule has 1 unspecified atom stereocenters. The SMILES string of the molecule is O=c1ccc2c(n1CC(O)CNC1CC1)CCC2. The highest BCUT2D eigenvalue weighted by Gasteiger charge is 2.22. The number of hydrogen-bond donors (Lipinski definition) is 2. The maximum absolute atomic E-state index is 11.9. The molecule has 0 aromatic carbocycles. The van der Waals surface area contributed by atoms with Crippen molar-refractivity contribution in [2.45, 2.75) is 50.8 Å². The van der Waals surface area contributed by atoms with Crippen LogP contribution < -0.4 is 10.9 Å². The van der Waals surface area contributed by atoms with Crippen molar-refractivity contribution in [2.75, 3.05) is 6.54 Å². The first kappa shape index (κ1) is 11.9. The Labute approximate surface area is 107 Å². The predicted octanol–water partition coefficient (Wildman–Crippen LogP) is 0.450. The third-order valence-electron chi connectivity index (χ3n) is 3.86. The molecule has 0 spiro atoms. The Morgan fingerprint density at radius 3 is 3.00 bits per heavy atom. The van der Waals surface area contributed by atoms with Crippen molar-refractivity contribution in [1.29, 1.82) is 0 Å². The van der Waals surface area contributed by atoms with Crippen LogP contribution in [0.25, 0.3) is 0 Å². The zero-order valence-electron chi connectivity index (χ0n) is 10.6. The topological polar surface area (TPSA) is 54.3 Å². The average molecular weight is 248 g/mol. The molecule has 0 aliphatic heterocycles. The Hall–Kier alpha value is -1.13. The van der Waals surface area contributed by atoms with Gasteiger partial charge in [0.05, 0.1) is 12.6 Å². The van der Waals surface area contributed by atoms with E-state index in [9.17, 15) is 9.90 Å². The van der Waals surface area contributed by atoms with E-state index >= 15 is 0 Å². The lowest BCUT2D eigenvalue weighted by atomic mass is 10.2. The zero-order chi connectivity index (χ0) is 12.5. The molecule has 0 saturated heterocycles. The molecule has 4 nitrogen and oxygen atoms in total. The predicted molar refractivity (Wildman–Crippen MR) is 69.8 cm³/mol. The molecule has 0 radical (unpaired) electrons. The molecule has 0 bridgehead atoms. The van der Waals surface area contributed by atoms with Crippen LogP contribution >= 0.6 is 0 Å². The number of aromatic nitrogens is 1. The second kappa shape index (κ2) is 4.86. The van der Waals surface area contributed by atoms with Gasteiger partial charge in [-0.1, -0.05) is 6.07 Å². The number of nitrogens with zero attached hydrogens (tertiary/aromatic N) is 1.